The van der Waals surface area contributed by atoms with Gasteiger partial charge in [0.05, 0.1) is 0 Å². The second-order valence-corrected chi connectivity index (χ2v) is 6.73. The van der Waals surface area contributed by atoms with Gasteiger partial charge in [0.1, 0.15) is 0 Å². The van der Waals surface area contributed by atoms with Crippen molar-refractivity contribution in [2.45, 2.75) is 19.4 Å². The molecule has 3 heteroatoms. The molecule has 2 heterocycles. The molecule has 3 rings (SSSR count). The molecule has 1 atom stereocenters. The van der Waals surface area contributed by atoms with E-state index in [4.69, 9.17) is 0 Å². The molecule has 0 radical (unpaired) electrons. The van der Waals surface area contributed by atoms with Crippen LogP contribution in [-0.2, 0) is 6.54 Å². The Hall–Kier alpha value is -0.640. The highest BCUT2D eigenvalue weighted by Gasteiger charge is 2.23. The molecule has 1 N–H and O–H groups in total. The lowest BCUT2D eigenvalue weighted by atomic mass is 9.89. The molecule has 0 aliphatic carbocycles. The van der Waals surface area contributed by atoms with Crippen LogP contribution in [0.3, 0.4) is 0 Å². The maximum atomic E-state index is 3.52. The van der Waals surface area contributed by atoms with E-state index >= 15 is 0 Å². The van der Waals surface area contributed by atoms with Crippen molar-refractivity contribution in [3.05, 3.63) is 55.7 Å². The number of thiophene rings is 1. The molecule has 0 fully saturated rings. The number of nitrogens with one attached hydrogen (secondary N) is 1. The second kappa shape index (κ2) is 4.56. The molecule has 17 heavy (non-hydrogen) atoms. The van der Waals surface area contributed by atoms with Gasteiger partial charge < -0.3 is 5.32 Å². The number of benzene rings is 1. The van der Waals surface area contributed by atoms with Crippen LogP contribution in [-0.4, -0.2) is 6.54 Å². The molecule has 0 unspecified atom stereocenters. The Morgan fingerprint density at radius 3 is 2.82 bits per heavy atom. The van der Waals surface area contributed by atoms with Gasteiger partial charge in [0.25, 0.3) is 0 Å². The highest BCUT2D eigenvalue weighted by atomic mass is 79.9. The minimum atomic E-state index is 0.511. The number of aryl methyl sites for hydroxylation is 1. The summed E-state index contributed by atoms with van der Waals surface area (Å²) in [7, 11) is 0. The Morgan fingerprint density at radius 2 is 2.06 bits per heavy atom. The third-order valence-electron chi connectivity index (χ3n) is 3.25. The Labute approximate surface area is 114 Å². The van der Waals surface area contributed by atoms with Crippen LogP contribution in [0.5, 0.6) is 0 Å². The average molecular weight is 308 g/mol. The molecule has 0 bridgehead atoms. The number of hydrogen-bond donors (Lipinski definition) is 1. The lowest BCUT2D eigenvalue weighted by molar-refractivity contribution is 0.600. The second-order valence-electron chi connectivity index (χ2n) is 4.47. The Balaban J connectivity index is 2.02. The fourth-order valence-corrected chi connectivity index (χ4v) is 3.78. The van der Waals surface area contributed by atoms with Gasteiger partial charge in [0, 0.05) is 33.2 Å². The smallest absolute Gasteiger partial charge is 0.0303 e. The van der Waals surface area contributed by atoms with E-state index in [0.29, 0.717) is 5.92 Å². The number of halogens is 1. The highest BCUT2D eigenvalue weighted by molar-refractivity contribution is 9.10. The molecule has 1 nitrogen and oxygen atoms in total. The highest BCUT2D eigenvalue weighted by Crippen LogP contribution is 2.35. The van der Waals surface area contributed by atoms with Gasteiger partial charge >= 0.3 is 0 Å². The average Bonchev–Trinajstić information content (AvgIpc) is 2.70. The monoisotopic (exact) mass is 307 g/mol. The van der Waals surface area contributed by atoms with Gasteiger partial charge in [-0.2, -0.15) is 0 Å². The summed E-state index contributed by atoms with van der Waals surface area (Å²) in [6, 6.07) is 11.1. The standard InChI is InChI=1S/C14H14BrNS/c1-9-6-12-13(7-16-8-14(12)17-9)10-2-4-11(15)5-3-10/h2-6,13,16H,7-8H2,1H3/t13-/m1/s1. The molecule has 0 amide bonds. The predicted molar refractivity (Wildman–Crippen MR) is 76.7 cm³/mol. The van der Waals surface area contributed by atoms with Crippen molar-refractivity contribution in [1.82, 2.24) is 5.32 Å². The van der Waals surface area contributed by atoms with Crippen LogP contribution in [0.1, 0.15) is 26.8 Å². The molecular weight excluding hydrogens is 294 g/mol. The Kier molecular flexibility index (Phi) is 3.07. The van der Waals surface area contributed by atoms with E-state index in [1.165, 1.54) is 20.9 Å². The normalized spacial score (nSPS) is 19.1. The van der Waals surface area contributed by atoms with Crippen molar-refractivity contribution in [3.8, 4) is 0 Å². The molecular formula is C14H14BrNS. The van der Waals surface area contributed by atoms with Gasteiger partial charge in [0.15, 0.2) is 0 Å². The number of fused-ring (bicyclic) bond motifs is 1. The van der Waals surface area contributed by atoms with Gasteiger partial charge in [0.2, 0.25) is 0 Å². The summed E-state index contributed by atoms with van der Waals surface area (Å²) in [6.45, 7) is 4.27. The molecule has 0 saturated heterocycles. The molecule has 2 aromatic rings. The predicted octanol–water partition coefficient (Wildman–Crippen LogP) is 4.05. The van der Waals surface area contributed by atoms with Crippen molar-refractivity contribution in [2.24, 2.45) is 0 Å². The van der Waals surface area contributed by atoms with Crippen molar-refractivity contribution in [3.63, 3.8) is 0 Å². The first-order chi connectivity index (χ1) is 8.24. The zero-order valence-corrected chi connectivity index (χ0v) is 12.1. The van der Waals surface area contributed by atoms with E-state index in [0.717, 1.165) is 17.6 Å². The van der Waals surface area contributed by atoms with Crippen molar-refractivity contribution < 1.29 is 0 Å². The van der Waals surface area contributed by atoms with Crippen molar-refractivity contribution in [1.29, 1.82) is 0 Å². The van der Waals surface area contributed by atoms with E-state index in [1.54, 1.807) is 0 Å². The zero-order valence-electron chi connectivity index (χ0n) is 9.66. The summed E-state index contributed by atoms with van der Waals surface area (Å²) >= 11 is 5.41. The summed E-state index contributed by atoms with van der Waals surface area (Å²) in [4.78, 5) is 2.92. The molecule has 0 spiro atoms. The summed E-state index contributed by atoms with van der Waals surface area (Å²) < 4.78 is 1.15. The lowest BCUT2D eigenvalue weighted by Gasteiger charge is -2.24. The van der Waals surface area contributed by atoms with E-state index in [1.807, 2.05) is 11.3 Å². The summed E-state index contributed by atoms with van der Waals surface area (Å²) in [5, 5.41) is 3.52. The minimum absolute atomic E-state index is 0.511. The molecule has 1 aliphatic heterocycles. The topological polar surface area (TPSA) is 12.0 Å². The van der Waals surface area contributed by atoms with Crippen LogP contribution in [0, 0.1) is 6.92 Å². The Morgan fingerprint density at radius 1 is 1.29 bits per heavy atom. The third kappa shape index (κ3) is 2.19. The van der Waals surface area contributed by atoms with E-state index in [9.17, 15) is 0 Å². The fraction of sp³-hybridized carbons (Fsp3) is 0.286. The van der Waals surface area contributed by atoms with Gasteiger partial charge in [-0.15, -0.1) is 11.3 Å². The van der Waals surface area contributed by atoms with E-state index in [-0.39, 0.29) is 0 Å². The van der Waals surface area contributed by atoms with Crippen LogP contribution in [0.15, 0.2) is 34.8 Å². The first kappa shape index (κ1) is 11.5. The van der Waals surface area contributed by atoms with Crippen molar-refractivity contribution >= 4 is 27.3 Å². The lowest BCUT2D eigenvalue weighted by Crippen LogP contribution is -2.27. The van der Waals surface area contributed by atoms with Gasteiger partial charge in [-0.25, -0.2) is 0 Å². The first-order valence-corrected chi connectivity index (χ1v) is 7.40. The first-order valence-electron chi connectivity index (χ1n) is 5.79. The van der Waals surface area contributed by atoms with E-state index < -0.39 is 0 Å². The zero-order chi connectivity index (χ0) is 11.8. The van der Waals surface area contributed by atoms with Crippen LogP contribution in [0.25, 0.3) is 0 Å². The molecule has 1 aliphatic rings. The van der Waals surface area contributed by atoms with E-state index in [2.05, 4.69) is 58.5 Å². The SMILES string of the molecule is Cc1cc2c(s1)CNC[C@@H]2c1ccc(Br)cc1. The van der Waals surface area contributed by atoms with Gasteiger partial charge in [-0.3, -0.25) is 0 Å². The maximum Gasteiger partial charge on any atom is 0.0303 e. The summed E-state index contributed by atoms with van der Waals surface area (Å²) in [6.07, 6.45) is 0. The van der Waals surface area contributed by atoms with Gasteiger partial charge in [-0.05, 0) is 36.2 Å². The van der Waals surface area contributed by atoms with Gasteiger partial charge in [-0.1, -0.05) is 28.1 Å². The molecule has 1 aromatic heterocycles. The molecule has 0 saturated carbocycles. The van der Waals surface area contributed by atoms with Crippen LogP contribution in [0.2, 0.25) is 0 Å². The minimum Gasteiger partial charge on any atom is -0.311 e. The Bertz CT molecular complexity index is 530. The molecule has 1 aromatic carbocycles. The molecule has 88 valence electrons. The largest absolute Gasteiger partial charge is 0.311 e. The maximum absolute atomic E-state index is 3.52. The third-order valence-corrected chi connectivity index (χ3v) is 4.84. The number of rotatable bonds is 1. The van der Waals surface area contributed by atoms with Crippen LogP contribution in [0.4, 0.5) is 0 Å². The summed E-state index contributed by atoms with van der Waals surface area (Å²) in [5.41, 5.74) is 2.92. The number of hydrogen-bond acceptors (Lipinski definition) is 2. The quantitative estimate of drug-likeness (QED) is 0.838. The van der Waals surface area contributed by atoms with Crippen molar-refractivity contribution in [2.75, 3.05) is 6.54 Å². The summed E-state index contributed by atoms with van der Waals surface area (Å²) in [5.74, 6) is 0.511. The van der Waals surface area contributed by atoms with Crippen LogP contribution >= 0.6 is 27.3 Å². The fourth-order valence-electron chi connectivity index (χ4n) is 2.45. The van der Waals surface area contributed by atoms with Crippen LogP contribution < -0.4 is 5.32 Å².